The highest BCUT2D eigenvalue weighted by Crippen LogP contribution is 2.42. The fourth-order valence-corrected chi connectivity index (χ4v) is 3.32. The van der Waals surface area contributed by atoms with Gasteiger partial charge in [0.05, 0.1) is 0 Å². The Morgan fingerprint density at radius 2 is 1.12 bits per heavy atom. The smallest absolute Gasteiger partial charge is 0.295 e. The van der Waals surface area contributed by atoms with Crippen LogP contribution in [0.15, 0.2) is 65.6 Å². The second kappa shape index (κ2) is 6.27. The summed E-state index contributed by atoms with van der Waals surface area (Å²) in [4.78, 5) is -0.448. The van der Waals surface area contributed by atoms with Crippen LogP contribution in [0.3, 0.4) is 0 Å². The van der Waals surface area contributed by atoms with Crippen molar-refractivity contribution in [2.75, 3.05) is 0 Å². The number of hydrogen-bond acceptors (Lipinski definition) is 3. The molecule has 0 bridgehead atoms. The second-order valence-corrected chi connectivity index (χ2v) is 6.71. The summed E-state index contributed by atoms with van der Waals surface area (Å²) >= 11 is 0. The first-order valence-corrected chi connectivity index (χ1v) is 8.57. The van der Waals surface area contributed by atoms with Crippen molar-refractivity contribution >= 4 is 10.1 Å². The van der Waals surface area contributed by atoms with Crippen LogP contribution in [0.5, 0.6) is 5.75 Å². The maximum atomic E-state index is 13.2. The predicted molar refractivity (Wildman–Crippen MR) is 88.7 cm³/mol. The fourth-order valence-electron chi connectivity index (χ4n) is 2.60. The molecule has 3 rings (SSSR count). The lowest BCUT2D eigenvalue weighted by Crippen LogP contribution is -2.02. The van der Waals surface area contributed by atoms with Gasteiger partial charge in [-0.05, 0) is 47.5 Å². The number of halogens is 2. The Bertz CT molecular complexity index is 1030. The van der Waals surface area contributed by atoms with Crippen molar-refractivity contribution in [3.8, 4) is 28.0 Å². The van der Waals surface area contributed by atoms with Crippen molar-refractivity contribution in [1.82, 2.24) is 0 Å². The third kappa shape index (κ3) is 3.38. The highest BCUT2D eigenvalue weighted by Gasteiger charge is 2.23. The number of benzene rings is 3. The number of rotatable bonds is 3. The molecule has 7 heteroatoms. The summed E-state index contributed by atoms with van der Waals surface area (Å²) < 4.78 is 59.5. The SMILES string of the molecule is O=S(=O)(O)c1ccc(O)c(-c2ccc(F)cc2)c1-c1ccc(F)cc1. The number of hydrogen-bond donors (Lipinski definition) is 2. The Morgan fingerprint density at radius 1 is 0.680 bits per heavy atom. The zero-order valence-electron chi connectivity index (χ0n) is 12.6. The maximum Gasteiger partial charge on any atom is 0.295 e. The Kier molecular flexibility index (Phi) is 4.28. The van der Waals surface area contributed by atoms with Crippen LogP contribution in [0.2, 0.25) is 0 Å². The molecular formula is C18H12F2O4S. The van der Waals surface area contributed by atoms with Gasteiger partial charge >= 0.3 is 0 Å². The summed E-state index contributed by atoms with van der Waals surface area (Å²) in [6.07, 6.45) is 0. The van der Waals surface area contributed by atoms with Gasteiger partial charge in [-0.1, -0.05) is 24.3 Å². The Balaban J connectivity index is 2.41. The van der Waals surface area contributed by atoms with Crippen LogP contribution in [0.1, 0.15) is 0 Å². The molecule has 0 amide bonds. The molecule has 0 aliphatic rings. The lowest BCUT2D eigenvalue weighted by atomic mass is 9.93. The molecule has 0 spiro atoms. The number of phenols is 1. The normalized spacial score (nSPS) is 11.5. The van der Waals surface area contributed by atoms with E-state index in [9.17, 15) is 26.9 Å². The average molecular weight is 362 g/mol. The van der Waals surface area contributed by atoms with Crippen LogP contribution < -0.4 is 0 Å². The van der Waals surface area contributed by atoms with Gasteiger partial charge in [0, 0.05) is 11.1 Å². The summed E-state index contributed by atoms with van der Waals surface area (Å²) in [6.45, 7) is 0. The monoisotopic (exact) mass is 362 g/mol. The Morgan fingerprint density at radius 3 is 1.56 bits per heavy atom. The minimum Gasteiger partial charge on any atom is -0.507 e. The average Bonchev–Trinajstić information content (AvgIpc) is 2.55. The van der Waals surface area contributed by atoms with Crippen molar-refractivity contribution in [1.29, 1.82) is 0 Å². The molecule has 3 aromatic carbocycles. The van der Waals surface area contributed by atoms with Crippen molar-refractivity contribution in [3.05, 3.63) is 72.3 Å². The van der Waals surface area contributed by atoms with Crippen LogP contribution in [-0.2, 0) is 10.1 Å². The molecule has 0 aliphatic heterocycles. The van der Waals surface area contributed by atoms with E-state index in [4.69, 9.17) is 0 Å². The minimum absolute atomic E-state index is 0.00546. The van der Waals surface area contributed by atoms with Gasteiger partial charge in [0.1, 0.15) is 22.3 Å². The van der Waals surface area contributed by atoms with E-state index >= 15 is 0 Å². The zero-order valence-corrected chi connectivity index (χ0v) is 13.5. The first-order chi connectivity index (χ1) is 11.8. The third-order valence-electron chi connectivity index (χ3n) is 3.69. The van der Waals surface area contributed by atoms with Gasteiger partial charge in [-0.25, -0.2) is 8.78 Å². The van der Waals surface area contributed by atoms with E-state index in [2.05, 4.69) is 0 Å². The molecule has 3 aromatic rings. The van der Waals surface area contributed by atoms with Gasteiger partial charge in [0.15, 0.2) is 0 Å². The molecule has 0 saturated carbocycles. The van der Waals surface area contributed by atoms with Crippen LogP contribution in [0.4, 0.5) is 8.78 Å². The summed E-state index contributed by atoms with van der Waals surface area (Å²) in [6, 6.07) is 12.1. The summed E-state index contributed by atoms with van der Waals surface area (Å²) in [7, 11) is -4.63. The van der Waals surface area contributed by atoms with Gasteiger partial charge in [0.25, 0.3) is 10.1 Å². The Hall–Kier alpha value is -2.77. The first kappa shape index (κ1) is 17.1. The van der Waals surface area contributed by atoms with Crippen LogP contribution in [-0.4, -0.2) is 18.1 Å². The summed E-state index contributed by atoms with van der Waals surface area (Å²) in [5, 5.41) is 10.3. The van der Waals surface area contributed by atoms with E-state index in [0.717, 1.165) is 36.4 Å². The first-order valence-electron chi connectivity index (χ1n) is 7.13. The van der Waals surface area contributed by atoms with E-state index in [0.29, 0.717) is 5.56 Å². The topological polar surface area (TPSA) is 74.6 Å². The maximum absolute atomic E-state index is 13.2. The molecule has 128 valence electrons. The third-order valence-corrected chi connectivity index (χ3v) is 4.58. The highest BCUT2D eigenvalue weighted by atomic mass is 32.2. The molecule has 0 saturated heterocycles. The Labute approximate surface area is 142 Å². The van der Waals surface area contributed by atoms with Gasteiger partial charge in [-0.15, -0.1) is 0 Å². The lowest BCUT2D eigenvalue weighted by Gasteiger charge is -2.16. The molecule has 0 atom stereocenters. The molecule has 25 heavy (non-hydrogen) atoms. The molecule has 0 radical (unpaired) electrons. The molecule has 4 nitrogen and oxygen atoms in total. The van der Waals surface area contributed by atoms with Gasteiger partial charge < -0.3 is 5.11 Å². The molecular weight excluding hydrogens is 350 g/mol. The van der Waals surface area contributed by atoms with Crippen molar-refractivity contribution in [3.63, 3.8) is 0 Å². The van der Waals surface area contributed by atoms with E-state index in [-0.39, 0.29) is 22.4 Å². The van der Waals surface area contributed by atoms with E-state index in [1.54, 1.807) is 0 Å². The van der Waals surface area contributed by atoms with Gasteiger partial charge in [-0.2, -0.15) is 8.42 Å². The van der Waals surface area contributed by atoms with Crippen molar-refractivity contribution in [2.45, 2.75) is 4.90 Å². The summed E-state index contributed by atoms with van der Waals surface area (Å²) in [5.41, 5.74) is 0.684. The second-order valence-electron chi connectivity index (χ2n) is 5.32. The molecule has 0 heterocycles. The molecule has 0 aliphatic carbocycles. The molecule has 0 fully saturated rings. The van der Waals surface area contributed by atoms with Gasteiger partial charge in [-0.3, -0.25) is 4.55 Å². The highest BCUT2D eigenvalue weighted by molar-refractivity contribution is 7.86. The molecule has 0 aromatic heterocycles. The predicted octanol–water partition coefficient (Wildman–Crippen LogP) is 4.25. The van der Waals surface area contributed by atoms with E-state index < -0.39 is 26.6 Å². The van der Waals surface area contributed by atoms with Crippen molar-refractivity contribution in [2.24, 2.45) is 0 Å². The largest absolute Gasteiger partial charge is 0.507 e. The number of phenolic OH excluding ortho intramolecular Hbond substituents is 1. The van der Waals surface area contributed by atoms with Crippen molar-refractivity contribution < 1.29 is 26.9 Å². The zero-order chi connectivity index (χ0) is 18.2. The summed E-state index contributed by atoms with van der Waals surface area (Å²) in [5.74, 6) is -1.29. The molecule has 0 unspecified atom stereocenters. The van der Waals surface area contributed by atoms with Crippen LogP contribution in [0, 0.1) is 11.6 Å². The lowest BCUT2D eigenvalue weighted by molar-refractivity contribution is 0.475. The number of aromatic hydroxyl groups is 1. The molecule has 2 N–H and O–H groups in total. The van der Waals surface area contributed by atoms with Crippen LogP contribution >= 0.6 is 0 Å². The minimum atomic E-state index is -4.63. The van der Waals surface area contributed by atoms with E-state index in [1.807, 2.05) is 0 Å². The standard InChI is InChI=1S/C18H12F2O4S/c19-13-5-1-11(2-6-13)17-15(21)9-10-16(25(22,23)24)18(17)12-3-7-14(20)8-4-12/h1-10,21H,(H,22,23,24). The quantitative estimate of drug-likeness (QED) is 0.683. The van der Waals surface area contributed by atoms with E-state index in [1.165, 1.54) is 24.3 Å². The van der Waals surface area contributed by atoms with Crippen LogP contribution in [0.25, 0.3) is 22.3 Å². The van der Waals surface area contributed by atoms with Gasteiger partial charge in [0.2, 0.25) is 0 Å². The fraction of sp³-hybridized carbons (Fsp3) is 0.